The Balaban J connectivity index is 2.07. The van der Waals surface area contributed by atoms with Crippen molar-refractivity contribution in [3.8, 4) is 0 Å². The second-order valence-corrected chi connectivity index (χ2v) is 6.20. The summed E-state index contributed by atoms with van der Waals surface area (Å²) >= 11 is 0. The number of ether oxygens (including phenoxy) is 1. The molecule has 1 N–H and O–H groups in total. The highest BCUT2D eigenvalue weighted by Gasteiger charge is 2.17. The second kappa shape index (κ2) is 7.10. The maximum atomic E-state index is 11.5. The fourth-order valence-electron chi connectivity index (χ4n) is 2.23. The van der Waals surface area contributed by atoms with Crippen LogP contribution in [0.25, 0.3) is 0 Å². The molecule has 0 aromatic carbocycles. The Morgan fingerprint density at radius 1 is 1.33 bits per heavy atom. The van der Waals surface area contributed by atoms with Crippen LogP contribution in [0.4, 0.5) is 0 Å². The number of hydrogen-bond acceptors (Lipinski definition) is 4. The molecule has 1 saturated heterocycles. The smallest absolute Gasteiger partial charge is 0.307 e. The van der Waals surface area contributed by atoms with E-state index in [2.05, 4.69) is 17.1 Å². The van der Waals surface area contributed by atoms with Crippen LogP contribution in [0.3, 0.4) is 0 Å². The molecular weight excluding hydrogens is 228 g/mol. The van der Waals surface area contributed by atoms with Crippen LogP contribution in [-0.2, 0) is 9.53 Å². The van der Waals surface area contributed by atoms with Crippen molar-refractivity contribution in [1.82, 2.24) is 10.2 Å². The normalized spacial score (nSPS) is 18.9. The highest BCUT2D eigenvalue weighted by Crippen LogP contribution is 2.09. The Hall–Kier alpha value is -0.610. The molecule has 0 bridgehead atoms. The first-order chi connectivity index (χ1) is 8.37. The quantitative estimate of drug-likeness (QED) is 0.736. The van der Waals surface area contributed by atoms with E-state index in [1.54, 1.807) is 0 Å². The molecule has 106 valence electrons. The van der Waals surface area contributed by atoms with Crippen LogP contribution in [0, 0.1) is 0 Å². The van der Waals surface area contributed by atoms with Crippen LogP contribution in [0.1, 0.15) is 47.0 Å². The van der Waals surface area contributed by atoms with Crippen LogP contribution in [-0.4, -0.2) is 48.7 Å². The predicted molar refractivity (Wildman–Crippen MR) is 73.6 cm³/mol. The Bertz CT molecular complexity index is 255. The SMILES string of the molecule is CC(CN1CCCC1)NCCC(=O)OC(C)(C)C. The molecule has 0 spiro atoms. The van der Waals surface area contributed by atoms with Crippen molar-refractivity contribution in [3.05, 3.63) is 0 Å². The van der Waals surface area contributed by atoms with Gasteiger partial charge in [0, 0.05) is 19.1 Å². The summed E-state index contributed by atoms with van der Waals surface area (Å²) in [5.74, 6) is -0.122. The summed E-state index contributed by atoms with van der Waals surface area (Å²) in [6.07, 6.45) is 3.09. The summed E-state index contributed by atoms with van der Waals surface area (Å²) in [6, 6.07) is 0.436. The van der Waals surface area contributed by atoms with Crippen molar-refractivity contribution in [1.29, 1.82) is 0 Å². The molecular formula is C14H28N2O2. The molecule has 4 heteroatoms. The van der Waals surface area contributed by atoms with E-state index in [-0.39, 0.29) is 11.6 Å². The molecule has 0 aromatic heterocycles. The Morgan fingerprint density at radius 3 is 2.50 bits per heavy atom. The number of carbonyl (C=O) groups is 1. The van der Waals surface area contributed by atoms with Crippen molar-refractivity contribution in [2.24, 2.45) is 0 Å². The van der Waals surface area contributed by atoms with E-state index in [0.29, 0.717) is 19.0 Å². The fourth-order valence-corrected chi connectivity index (χ4v) is 2.23. The molecule has 0 aromatic rings. The van der Waals surface area contributed by atoms with Gasteiger partial charge in [-0.15, -0.1) is 0 Å². The van der Waals surface area contributed by atoms with Gasteiger partial charge in [-0.25, -0.2) is 0 Å². The molecule has 18 heavy (non-hydrogen) atoms. The lowest BCUT2D eigenvalue weighted by molar-refractivity contribution is -0.154. The van der Waals surface area contributed by atoms with Crippen molar-refractivity contribution >= 4 is 5.97 Å². The largest absolute Gasteiger partial charge is 0.460 e. The Kier molecular flexibility index (Phi) is 6.09. The van der Waals surface area contributed by atoms with Gasteiger partial charge in [0.2, 0.25) is 0 Å². The van der Waals surface area contributed by atoms with Crippen LogP contribution in [0.2, 0.25) is 0 Å². The lowest BCUT2D eigenvalue weighted by atomic mass is 10.2. The minimum Gasteiger partial charge on any atom is -0.460 e. The van der Waals surface area contributed by atoms with E-state index in [9.17, 15) is 4.79 Å². The van der Waals surface area contributed by atoms with Gasteiger partial charge in [0.1, 0.15) is 5.60 Å². The molecule has 0 radical (unpaired) electrons. The Morgan fingerprint density at radius 2 is 1.94 bits per heavy atom. The summed E-state index contributed by atoms with van der Waals surface area (Å²) < 4.78 is 5.26. The van der Waals surface area contributed by atoms with Crippen LogP contribution < -0.4 is 5.32 Å². The molecule has 1 atom stereocenters. The molecule has 0 saturated carbocycles. The zero-order chi connectivity index (χ0) is 13.6. The van der Waals surface area contributed by atoms with Gasteiger partial charge in [0.25, 0.3) is 0 Å². The van der Waals surface area contributed by atoms with Gasteiger partial charge in [-0.1, -0.05) is 0 Å². The van der Waals surface area contributed by atoms with Crippen molar-refractivity contribution < 1.29 is 9.53 Å². The molecule has 1 fully saturated rings. The van der Waals surface area contributed by atoms with E-state index < -0.39 is 0 Å². The molecule has 1 unspecified atom stereocenters. The predicted octanol–water partition coefficient (Wildman–Crippen LogP) is 1.79. The monoisotopic (exact) mass is 256 g/mol. The molecule has 0 aliphatic carbocycles. The van der Waals surface area contributed by atoms with E-state index in [1.807, 2.05) is 20.8 Å². The van der Waals surface area contributed by atoms with E-state index in [0.717, 1.165) is 6.54 Å². The lowest BCUT2D eigenvalue weighted by Crippen LogP contribution is -2.39. The molecule has 1 rings (SSSR count). The van der Waals surface area contributed by atoms with Crippen molar-refractivity contribution in [2.45, 2.75) is 58.6 Å². The third-order valence-corrected chi connectivity index (χ3v) is 2.97. The standard InChI is InChI=1S/C14H28N2O2/c1-12(11-16-9-5-6-10-16)15-8-7-13(17)18-14(2,3)4/h12,15H,5-11H2,1-4H3. The van der Waals surface area contributed by atoms with Gasteiger partial charge in [-0.05, 0) is 53.6 Å². The van der Waals surface area contributed by atoms with E-state index in [1.165, 1.54) is 25.9 Å². The lowest BCUT2D eigenvalue weighted by Gasteiger charge is -2.22. The van der Waals surface area contributed by atoms with Crippen molar-refractivity contribution in [3.63, 3.8) is 0 Å². The zero-order valence-corrected chi connectivity index (χ0v) is 12.3. The first kappa shape index (κ1) is 15.4. The highest BCUT2D eigenvalue weighted by molar-refractivity contribution is 5.70. The summed E-state index contributed by atoms with van der Waals surface area (Å²) in [5, 5.41) is 3.38. The zero-order valence-electron chi connectivity index (χ0n) is 12.3. The number of rotatable bonds is 6. The topological polar surface area (TPSA) is 41.6 Å². The van der Waals surface area contributed by atoms with Gasteiger partial charge in [0.15, 0.2) is 0 Å². The number of nitrogens with one attached hydrogen (secondary N) is 1. The number of carbonyl (C=O) groups excluding carboxylic acids is 1. The minimum absolute atomic E-state index is 0.122. The summed E-state index contributed by atoms with van der Waals surface area (Å²) in [4.78, 5) is 14.0. The van der Waals surface area contributed by atoms with Crippen LogP contribution >= 0.6 is 0 Å². The number of likely N-dealkylation sites (tertiary alicyclic amines) is 1. The summed E-state index contributed by atoms with van der Waals surface area (Å²) in [6.45, 7) is 12.1. The van der Waals surface area contributed by atoms with E-state index >= 15 is 0 Å². The van der Waals surface area contributed by atoms with Gasteiger partial charge in [-0.2, -0.15) is 0 Å². The Labute approximate surface area is 111 Å². The first-order valence-corrected chi connectivity index (χ1v) is 7.04. The first-order valence-electron chi connectivity index (χ1n) is 7.04. The van der Waals surface area contributed by atoms with Crippen molar-refractivity contribution in [2.75, 3.05) is 26.2 Å². The average Bonchev–Trinajstić information content (AvgIpc) is 2.67. The molecule has 4 nitrogen and oxygen atoms in total. The second-order valence-electron chi connectivity index (χ2n) is 6.20. The van der Waals surface area contributed by atoms with Gasteiger partial charge >= 0.3 is 5.97 Å². The van der Waals surface area contributed by atoms with Crippen LogP contribution in [0.15, 0.2) is 0 Å². The maximum Gasteiger partial charge on any atom is 0.307 e. The minimum atomic E-state index is -0.377. The van der Waals surface area contributed by atoms with Gasteiger partial charge in [-0.3, -0.25) is 4.79 Å². The van der Waals surface area contributed by atoms with Crippen LogP contribution in [0.5, 0.6) is 0 Å². The number of esters is 1. The van der Waals surface area contributed by atoms with E-state index in [4.69, 9.17) is 4.74 Å². The fraction of sp³-hybridized carbons (Fsp3) is 0.929. The summed E-state index contributed by atoms with van der Waals surface area (Å²) in [5.41, 5.74) is -0.377. The molecule has 1 aliphatic heterocycles. The third-order valence-electron chi connectivity index (χ3n) is 2.97. The number of nitrogens with zero attached hydrogens (tertiary/aromatic N) is 1. The van der Waals surface area contributed by atoms with Gasteiger partial charge in [0.05, 0.1) is 6.42 Å². The third kappa shape index (κ3) is 6.97. The van der Waals surface area contributed by atoms with Gasteiger partial charge < -0.3 is 15.0 Å². The highest BCUT2D eigenvalue weighted by atomic mass is 16.6. The summed E-state index contributed by atoms with van der Waals surface area (Å²) in [7, 11) is 0. The number of hydrogen-bond donors (Lipinski definition) is 1. The molecule has 1 heterocycles. The maximum absolute atomic E-state index is 11.5. The average molecular weight is 256 g/mol. The molecule has 0 amide bonds. The molecule has 1 aliphatic rings.